The lowest BCUT2D eigenvalue weighted by Crippen LogP contribution is -2.31. The summed E-state index contributed by atoms with van der Waals surface area (Å²) in [6.07, 6.45) is 0.161. The van der Waals surface area contributed by atoms with Crippen molar-refractivity contribution in [3.63, 3.8) is 0 Å². The summed E-state index contributed by atoms with van der Waals surface area (Å²) < 4.78 is 5.30. The molecule has 1 amide bonds. The van der Waals surface area contributed by atoms with Crippen molar-refractivity contribution in [2.75, 3.05) is 6.61 Å². The second kappa shape index (κ2) is 8.32. The topological polar surface area (TPSA) is 75.6 Å². The molecular formula is C15H21NO4. The molecule has 20 heavy (non-hydrogen) atoms. The summed E-state index contributed by atoms with van der Waals surface area (Å²) in [7, 11) is 0. The number of benzene rings is 1. The van der Waals surface area contributed by atoms with Crippen LogP contribution in [0, 0.1) is 0 Å². The maximum Gasteiger partial charge on any atom is 0.305 e. The highest BCUT2D eigenvalue weighted by Gasteiger charge is 2.17. The molecule has 0 aliphatic carbocycles. The molecule has 0 aliphatic heterocycles. The van der Waals surface area contributed by atoms with Gasteiger partial charge in [-0.25, -0.2) is 0 Å². The SMILES string of the molecule is CC(C)OCCC(=O)NC(CC(=O)O)c1ccccc1. The van der Waals surface area contributed by atoms with Crippen molar-refractivity contribution in [2.45, 2.75) is 38.8 Å². The van der Waals surface area contributed by atoms with Gasteiger partial charge in [0.2, 0.25) is 5.91 Å². The number of carbonyl (C=O) groups excluding carboxylic acids is 1. The first kappa shape index (κ1) is 16.2. The lowest BCUT2D eigenvalue weighted by atomic mass is 10.0. The van der Waals surface area contributed by atoms with Crippen LogP contribution in [0.5, 0.6) is 0 Å². The van der Waals surface area contributed by atoms with E-state index in [1.807, 2.05) is 32.0 Å². The Morgan fingerprint density at radius 2 is 1.90 bits per heavy atom. The second-order valence-electron chi connectivity index (χ2n) is 4.80. The second-order valence-corrected chi connectivity index (χ2v) is 4.80. The molecule has 0 heterocycles. The number of carbonyl (C=O) groups is 2. The van der Waals surface area contributed by atoms with E-state index in [9.17, 15) is 9.59 Å². The van der Waals surface area contributed by atoms with E-state index in [4.69, 9.17) is 9.84 Å². The zero-order chi connectivity index (χ0) is 15.0. The molecule has 1 aromatic rings. The predicted molar refractivity (Wildman–Crippen MR) is 75.3 cm³/mol. The Hall–Kier alpha value is -1.88. The molecule has 0 saturated carbocycles. The number of carboxylic acids is 1. The fourth-order valence-electron chi connectivity index (χ4n) is 1.77. The van der Waals surface area contributed by atoms with Crippen LogP contribution >= 0.6 is 0 Å². The van der Waals surface area contributed by atoms with E-state index in [1.54, 1.807) is 12.1 Å². The Morgan fingerprint density at radius 1 is 1.25 bits per heavy atom. The largest absolute Gasteiger partial charge is 0.481 e. The number of hydrogen-bond donors (Lipinski definition) is 2. The predicted octanol–water partition coefficient (Wildman–Crippen LogP) is 2.13. The van der Waals surface area contributed by atoms with Gasteiger partial charge in [0.1, 0.15) is 0 Å². The number of nitrogens with one attached hydrogen (secondary N) is 1. The summed E-state index contributed by atoms with van der Waals surface area (Å²) in [5, 5.41) is 11.7. The molecule has 1 aromatic carbocycles. The van der Waals surface area contributed by atoms with Gasteiger partial charge in [-0.05, 0) is 19.4 Å². The summed E-state index contributed by atoms with van der Waals surface area (Å²) in [6.45, 7) is 4.13. The average molecular weight is 279 g/mol. The molecule has 1 unspecified atom stereocenters. The van der Waals surface area contributed by atoms with Crippen LogP contribution in [-0.4, -0.2) is 29.7 Å². The van der Waals surface area contributed by atoms with E-state index < -0.39 is 12.0 Å². The summed E-state index contributed by atoms with van der Waals surface area (Å²) >= 11 is 0. The standard InChI is InChI=1S/C15H21NO4/c1-11(2)20-9-8-14(17)16-13(10-15(18)19)12-6-4-3-5-7-12/h3-7,11,13H,8-10H2,1-2H3,(H,16,17)(H,18,19). The van der Waals surface area contributed by atoms with Crippen molar-refractivity contribution in [1.82, 2.24) is 5.32 Å². The molecule has 0 radical (unpaired) electrons. The highest BCUT2D eigenvalue weighted by molar-refractivity contribution is 5.77. The molecule has 0 fully saturated rings. The van der Waals surface area contributed by atoms with Gasteiger partial charge in [0, 0.05) is 6.42 Å². The normalized spacial score (nSPS) is 12.2. The molecule has 0 bridgehead atoms. The zero-order valence-electron chi connectivity index (χ0n) is 11.8. The third-order valence-corrected chi connectivity index (χ3v) is 2.70. The van der Waals surface area contributed by atoms with E-state index in [0.717, 1.165) is 5.56 Å². The van der Waals surface area contributed by atoms with Gasteiger partial charge in [0.05, 0.1) is 25.2 Å². The number of rotatable bonds is 8. The zero-order valence-corrected chi connectivity index (χ0v) is 11.8. The molecule has 0 aliphatic rings. The van der Waals surface area contributed by atoms with Gasteiger partial charge in [-0.3, -0.25) is 9.59 Å². The smallest absolute Gasteiger partial charge is 0.305 e. The lowest BCUT2D eigenvalue weighted by Gasteiger charge is -2.17. The summed E-state index contributed by atoms with van der Waals surface area (Å²) in [4.78, 5) is 22.7. The van der Waals surface area contributed by atoms with E-state index in [2.05, 4.69) is 5.32 Å². The maximum atomic E-state index is 11.8. The molecule has 5 nitrogen and oxygen atoms in total. The Bertz CT molecular complexity index is 431. The summed E-state index contributed by atoms with van der Waals surface area (Å²) in [5.41, 5.74) is 0.785. The Kier molecular flexibility index (Phi) is 6.73. The van der Waals surface area contributed by atoms with Crippen LogP contribution in [0.1, 0.15) is 38.3 Å². The van der Waals surface area contributed by atoms with Crippen molar-refractivity contribution in [3.05, 3.63) is 35.9 Å². The number of hydrogen-bond acceptors (Lipinski definition) is 3. The van der Waals surface area contributed by atoms with Crippen molar-refractivity contribution < 1.29 is 19.4 Å². The number of aliphatic carboxylic acids is 1. The van der Waals surface area contributed by atoms with Crippen molar-refractivity contribution in [2.24, 2.45) is 0 Å². The van der Waals surface area contributed by atoms with E-state index in [1.165, 1.54) is 0 Å². The van der Waals surface area contributed by atoms with Crippen LogP contribution in [0.25, 0.3) is 0 Å². The van der Waals surface area contributed by atoms with Crippen LogP contribution < -0.4 is 5.32 Å². The minimum Gasteiger partial charge on any atom is -0.481 e. The van der Waals surface area contributed by atoms with Crippen LogP contribution in [0.2, 0.25) is 0 Å². The third kappa shape index (κ3) is 6.33. The fourth-order valence-corrected chi connectivity index (χ4v) is 1.77. The third-order valence-electron chi connectivity index (χ3n) is 2.70. The first-order valence-electron chi connectivity index (χ1n) is 6.66. The van der Waals surface area contributed by atoms with Gasteiger partial charge in [-0.2, -0.15) is 0 Å². The van der Waals surface area contributed by atoms with E-state index >= 15 is 0 Å². The van der Waals surface area contributed by atoms with Crippen molar-refractivity contribution in [3.8, 4) is 0 Å². The minimum atomic E-state index is -0.947. The average Bonchev–Trinajstić information content (AvgIpc) is 2.38. The number of carboxylic acid groups (broad SMARTS) is 1. The van der Waals surface area contributed by atoms with Gasteiger partial charge in [-0.15, -0.1) is 0 Å². The molecule has 110 valence electrons. The van der Waals surface area contributed by atoms with Crippen LogP contribution in [0.3, 0.4) is 0 Å². The molecule has 0 spiro atoms. The first-order chi connectivity index (χ1) is 9.49. The summed E-state index contributed by atoms with van der Waals surface area (Å²) in [6, 6.07) is 8.58. The summed E-state index contributed by atoms with van der Waals surface area (Å²) in [5.74, 6) is -1.15. The van der Waals surface area contributed by atoms with Crippen LogP contribution in [0.4, 0.5) is 0 Å². The van der Waals surface area contributed by atoms with Crippen LogP contribution in [-0.2, 0) is 14.3 Å². The molecule has 1 atom stereocenters. The van der Waals surface area contributed by atoms with Gasteiger partial charge < -0.3 is 15.2 Å². The monoisotopic (exact) mass is 279 g/mol. The first-order valence-corrected chi connectivity index (χ1v) is 6.66. The highest BCUT2D eigenvalue weighted by atomic mass is 16.5. The number of ether oxygens (including phenoxy) is 1. The Morgan fingerprint density at radius 3 is 2.45 bits per heavy atom. The molecule has 5 heteroatoms. The fraction of sp³-hybridized carbons (Fsp3) is 0.467. The van der Waals surface area contributed by atoms with Crippen LogP contribution in [0.15, 0.2) is 30.3 Å². The maximum absolute atomic E-state index is 11.8. The minimum absolute atomic E-state index is 0.0757. The molecule has 2 N–H and O–H groups in total. The van der Waals surface area contributed by atoms with Gasteiger partial charge in [0.15, 0.2) is 0 Å². The van der Waals surface area contributed by atoms with E-state index in [-0.39, 0.29) is 24.9 Å². The molecule has 1 rings (SSSR count). The van der Waals surface area contributed by atoms with E-state index in [0.29, 0.717) is 6.61 Å². The quantitative estimate of drug-likeness (QED) is 0.764. The highest BCUT2D eigenvalue weighted by Crippen LogP contribution is 2.16. The number of amides is 1. The molecule has 0 saturated heterocycles. The van der Waals surface area contributed by atoms with Gasteiger partial charge in [-0.1, -0.05) is 30.3 Å². The molecular weight excluding hydrogens is 258 g/mol. The van der Waals surface area contributed by atoms with Gasteiger partial charge >= 0.3 is 5.97 Å². The lowest BCUT2D eigenvalue weighted by molar-refractivity contribution is -0.137. The Balaban J connectivity index is 2.57. The van der Waals surface area contributed by atoms with Crippen molar-refractivity contribution in [1.29, 1.82) is 0 Å². The van der Waals surface area contributed by atoms with Gasteiger partial charge in [0.25, 0.3) is 0 Å². The Labute approximate surface area is 118 Å². The van der Waals surface area contributed by atoms with Crippen molar-refractivity contribution >= 4 is 11.9 Å². The molecule has 0 aromatic heterocycles.